The number of fused-ring (bicyclic) bond motifs is 3. The molecule has 3 aliphatic heterocycles. The van der Waals surface area contributed by atoms with Gasteiger partial charge in [0.05, 0.1) is 30.1 Å². The van der Waals surface area contributed by atoms with Gasteiger partial charge in [-0.25, -0.2) is 13.4 Å². The molecular formula is C43H52N6O8S. The lowest BCUT2D eigenvalue weighted by atomic mass is 9.94. The van der Waals surface area contributed by atoms with E-state index in [1.54, 1.807) is 7.11 Å². The van der Waals surface area contributed by atoms with Crippen LogP contribution in [0.1, 0.15) is 70.6 Å². The number of sulfonamides is 1. The largest absolute Gasteiger partial charge is 0.497 e. The van der Waals surface area contributed by atoms with Crippen molar-refractivity contribution >= 4 is 44.6 Å². The average molecular weight is 813 g/mol. The minimum absolute atomic E-state index is 0.00627. The van der Waals surface area contributed by atoms with Crippen LogP contribution in [0.25, 0.3) is 22.2 Å². The summed E-state index contributed by atoms with van der Waals surface area (Å²) >= 11 is 0. The van der Waals surface area contributed by atoms with E-state index < -0.39 is 56.6 Å². The van der Waals surface area contributed by atoms with Crippen LogP contribution in [-0.4, -0.2) is 97.7 Å². The summed E-state index contributed by atoms with van der Waals surface area (Å²) in [5.41, 5.74) is 0.704. The lowest BCUT2D eigenvalue weighted by Gasteiger charge is -2.29. The maximum absolute atomic E-state index is 14.8. The standard InChI is InChI=1S/C43H52N6O8S/c1-56-31-14-17-34-36(21-31)46-35(27-10-7-5-8-11-27)23-38(34)57-32-22-37-40(51)47-43(42(53)48-58(54,55)33-15-16-33)24-29(43)13-9-4-2-3-6-12-28(41(52)49(37)26-32)20-39(50)45-30-18-19-44-25-30/h5,7-11,13-14,17,21,23,28-30,32-33,37,44H,2-4,6,12,15-16,18-20,22,24-26H2,1H3,(H,45,50)(H,47,51)(H,48,53)/b13-9-/t28-,29?,30-,32-,37+,43-/m1/s1. The Hall–Kier alpha value is -5.02. The molecule has 15 heteroatoms. The Morgan fingerprint density at radius 2 is 1.84 bits per heavy atom. The number of amides is 4. The summed E-state index contributed by atoms with van der Waals surface area (Å²) in [6.07, 6.45) is 8.90. The number of hydrogen-bond acceptors (Lipinski definition) is 10. The average Bonchev–Trinajstić information content (AvgIpc) is 4.09. The van der Waals surface area contributed by atoms with Crippen molar-refractivity contribution in [2.45, 2.75) is 99.6 Å². The lowest BCUT2D eigenvalue weighted by Crippen LogP contribution is -2.57. The van der Waals surface area contributed by atoms with Gasteiger partial charge < -0.3 is 30.3 Å². The van der Waals surface area contributed by atoms with Crippen molar-refractivity contribution in [2.75, 3.05) is 26.7 Å². The van der Waals surface area contributed by atoms with E-state index in [1.807, 2.05) is 66.7 Å². The van der Waals surface area contributed by atoms with Gasteiger partial charge in [0.25, 0.3) is 5.91 Å². The molecule has 2 aromatic carbocycles. The Balaban J connectivity index is 1.11. The number of rotatable bonds is 10. The van der Waals surface area contributed by atoms with Crippen molar-refractivity contribution in [3.63, 3.8) is 0 Å². The van der Waals surface area contributed by atoms with Crippen molar-refractivity contribution in [3.8, 4) is 22.8 Å². The van der Waals surface area contributed by atoms with Crippen LogP contribution < -0.4 is 30.1 Å². The van der Waals surface area contributed by atoms with Gasteiger partial charge in [-0.2, -0.15) is 0 Å². The second-order valence-electron chi connectivity index (χ2n) is 16.4. The number of pyridine rings is 1. The third kappa shape index (κ3) is 8.70. The minimum Gasteiger partial charge on any atom is -0.497 e. The van der Waals surface area contributed by atoms with Gasteiger partial charge in [-0.3, -0.25) is 23.9 Å². The van der Waals surface area contributed by atoms with E-state index in [1.165, 1.54) is 4.90 Å². The number of carbonyl (C=O) groups is 4. The number of nitrogens with zero attached hydrogens (tertiary/aromatic N) is 2. The molecule has 0 bridgehead atoms. The topological polar surface area (TPSA) is 185 Å². The smallest absolute Gasteiger partial charge is 0.259 e. The molecule has 4 fully saturated rings. The molecule has 2 saturated heterocycles. The number of benzene rings is 2. The second kappa shape index (κ2) is 16.7. The van der Waals surface area contributed by atoms with Gasteiger partial charge >= 0.3 is 0 Å². The predicted octanol–water partition coefficient (Wildman–Crippen LogP) is 3.75. The fraction of sp³-hybridized carbons (Fsp3) is 0.512. The summed E-state index contributed by atoms with van der Waals surface area (Å²) in [7, 11) is -2.30. The zero-order chi connectivity index (χ0) is 40.4. The maximum Gasteiger partial charge on any atom is 0.259 e. The van der Waals surface area contributed by atoms with Gasteiger partial charge in [-0.05, 0) is 63.6 Å². The van der Waals surface area contributed by atoms with Gasteiger partial charge in [0.2, 0.25) is 27.7 Å². The van der Waals surface area contributed by atoms with Crippen LogP contribution >= 0.6 is 0 Å². The Kier molecular flexibility index (Phi) is 11.4. The molecule has 58 heavy (non-hydrogen) atoms. The molecule has 3 aromatic rings. The highest BCUT2D eigenvalue weighted by atomic mass is 32.2. The molecule has 4 amide bonds. The predicted molar refractivity (Wildman–Crippen MR) is 217 cm³/mol. The lowest BCUT2D eigenvalue weighted by molar-refractivity contribution is -0.144. The van der Waals surface area contributed by atoms with E-state index in [0.29, 0.717) is 48.5 Å². The van der Waals surface area contributed by atoms with Crippen LogP contribution in [0.3, 0.4) is 0 Å². The third-order valence-electron chi connectivity index (χ3n) is 12.2. The number of ether oxygens (including phenoxy) is 2. The van der Waals surface area contributed by atoms with Crippen LogP contribution in [0.5, 0.6) is 11.5 Å². The van der Waals surface area contributed by atoms with Gasteiger partial charge in [0.1, 0.15) is 29.2 Å². The Bertz CT molecular complexity index is 2190. The molecule has 4 N–H and O–H groups in total. The van der Waals surface area contributed by atoms with Crippen LogP contribution in [0.4, 0.5) is 0 Å². The number of allylic oxidation sites excluding steroid dienone is 1. The molecule has 2 saturated carbocycles. The number of methoxy groups -OCH3 is 1. The number of carbonyl (C=O) groups excluding carboxylic acids is 4. The normalized spacial score (nSPS) is 28.3. The zero-order valence-electron chi connectivity index (χ0n) is 32.8. The molecule has 8 rings (SSSR count). The van der Waals surface area contributed by atoms with Crippen molar-refractivity contribution in [1.82, 2.24) is 30.6 Å². The van der Waals surface area contributed by atoms with Gasteiger partial charge in [0, 0.05) is 60.3 Å². The molecular weight excluding hydrogens is 761 g/mol. The van der Waals surface area contributed by atoms with Crippen LogP contribution in [0.2, 0.25) is 0 Å². The van der Waals surface area contributed by atoms with E-state index >= 15 is 0 Å². The Morgan fingerprint density at radius 1 is 1.02 bits per heavy atom. The molecule has 1 aromatic heterocycles. The molecule has 4 heterocycles. The fourth-order valence-electron chi connectivity index (χ4n) is 8.60. The summed E-state index contributed by atoms with van der Waals surface area (Å²) < 4.78 is 40.4. The van der Waals surface area contributed by atoms with Crippen molar-refractivity contribution < 1.29 is 37.1 Å². The monoisotopic (exact) mass is 812 g/mol. The van der Waals surface area contributed by atoms with Gasteiger partial charge in [-0.15, -0.1) is 0 Å². The summed E-state index contributed by atoms with van der Waals surface area (Å²) in [6.45, 7) is 1.54. The molecule has 1 unspecified atom stereocenters. The van der Waals surface area contributed by atoms with Crippen molar-refractivity contribution in [2.24, 2.45) is 11.8 Å². The van der Waals surface area contributed by atoms with Crippen LogP contribution in [0.15, 0.2) is 66.7 Å². The van der Waals surface area contributed by atoms with Crippen molar-refractivity contribution in [3.05, 3.63) is 66.7 Å². The summed E-state index contributed by atoms with van der Waals surface area (Å²) in [4.78, 5) is 63.0. The number of nitrogens with one attached hydrogen (secondary N) is 4. The van der Waals surface area contributed by atoms with Crippen LogP contribution in [0, 0.1) is 11.8 Å². The van der Waals surface area contributed by atoms with E-state index in [4.69, 9.17) is 14.5 Å². The first-order chi connectivity index (χ1) is 28.0. The van der Waals surface area contributed by atoms with Crippen LogP contribution in [-0.2, 0) is 29.2 Å². The number of hydrogen-bond donors (Lipinski definition) is 4. The summed E-state index contributed by atoms with van der Waals surface area (Å²) in [5, 5.41) is 9.38. The molecule has 308 valence electrons. The molecule has 6 atom stereocenters. The molecule has 0 radical (unpaired) electrons. The van der Waals surface area contributed by atoms with E-state index in [9.17, 15) is 27.6 Å². The summed E-state index contributed by atoms with van der Waals surface area (Å²) in [6, 6.07) is 16.0. The third-order valence-corrected chi connectivity index (χ3v) is 14.0. The fourth-order valence-corrected chi connectivity index (χ4v) is 9.97. The molecule has 14 nitrogen and oxygen atoms in total. The van der Waals surface area contributed by atoms with E-state index in [-0.39, 0.29) is 43.7 Å². The first-order valence-electron chi connectivity index (χ1n) is 20.6. The molecule has 2 aliphatic carbocycles. The zero-order valence-corrected chi connectivity index (χ0v) is 33.6. The highest BCUT2D eigenvalue weighted by Gasteiger charge is 2.62. The highest BCUT2D eigenvalue weighted by Crippen LogP contribution is 2.46. The summed E-state index contributed by atoms with van der Waals surface area (Å²) in [5.74, 6) is -1.82. The number of aromatic nitrogens is 1. The molecule has 5 aliphatic rings. The van der Waals surface area contributed by atoms with Gasteiger partial charge in [0.15, 0.2) is 0 Å². The Labute approximate surface area is 338 Å². The quantitative estimate of drug-likeness (QED) is 0.220. The SMILES string of the molecule is COc1ccc2c(O[C@@H]3C[C@H]4C(=O)N[C@]5(C(=O)NS(=O)(=O)C6CC6)CC5/C=C\CCCCC[C@H](CC(=O)N[C@@H]5CCNC5)C(=O)N4C3)cc(-c3ccccc3)nc2c1. The maximum atomic E-state index is 14.8. The van der Waals surface area contributed by atoms with E-state index in [2.05, 4.69) is 20.7 Å². The first-order valence-corrected chi connectivity index (χ1v) is 22.1. The van der Waals surface area contributed by atoms with Gasteiger partial charge in [-0.1, -0.05) is 55.3 Å². The highest BCUT2D eigenvalue weighted by molar-refractivity contribution is 7.91. The van der Waals surface area contributed by atoms with E-state index in [0.717, 1.165) is 49.6 Å². The molecule has 0 spiro atoms. The second-order valence-corrected chi connectivity index (χ2v) is 18.4. The minimum atomic E-state index is -3.89. The Morgan fingerprint density at radius 3 is 2.60 bits per heavy atom. The first kappa shape index (κ1) is 39.8. The van der Waals surface area contributed by atoms with Crippen molar-refractivity contribution in [1.29, 1.82) is 0 Å².